The summed E-state index contributed by atoms with van der Waals surface area (Å²) in [5.41, 5.74) is 0.227. The Balaban J connectivity index is 2.51. The monoisotopic (exact) mass is 142 g/mol. The van der Waals surface area contributed by atoms with Crippen molar-refractivity contribution >= 4 is 0 Å². The maximum atomic E-state index is 13.2. The fourth-order valence-corrected chi connectivity index (χ4v) is 1.61. The van der Waals surface area contributed by atoms with Crippen LogP contribution < -0.4 is 0 Å². The molecular formula is C9H15F. The zero-order valence-electron chi connectivity index (χ0n) is 6.78. The number of halogens is 1. The van der Waals surface area contributed by atoms with Gasteiger partial charge in [0, 0.05) is 0 Å². The van der Waals surface area contributed by atoms with Crippen molar-refractivity contribution in [3.05, 3.63) is 12.2 Å². The lowest BCUT2D eigenvalue weighted by Gasteiger charge is -2.12. The van der Waals surface area contributed by atoms with Crippen molar-refractivity contribution < 1.29 is 4.39 Å². The van der Waals surface area contributed by atoms with Crippen LogP contribution in [0.2, 0.25) is 0 Å². The molecule has 1 saturated carbocycles. The standard InChI is InChI=1S/C9H15F/c1-7(2)8-4-5-9(3,10)6-8/h8H,1,4-6H2,2-3H3. The van der Waals surface area contributed by atoms with Crippen LogP contribution in [0.4, 0.5) is 4.39 Å². The summed E-state index contributed by atoms with van der Waals surface area (Å²) >= 11 is 0. The predicted molar refractivity (Wildman–Crippen MR) is 41.7 cm³/mol. The second-order valence-electron chi connectivity index (χ2n) is 3.70. The maximum absolute atomic E-state index is 13.2. The van der Waals surface area contributed by atoms with Crippen LogP contribution in [0.15, 0.2) is 12.2 Å². The largest absolute Gasteiger partial charge is 0.244 e. The Labute approximate surface area is 62.1 Å². The van der Waals surface area contributed by atoms with Gasteiger partial charge in [0.1, 0.15) is 5.67 Å². The summed E-state index contributed by atoms with van der Waals surface area (Å²) in [4.78, 5) is 0. The maximum Gasteiger partial charge on any atom is 0.108 e. The van der Waals surface area contributed by atoms with Gasteiger partial charge in [-0.2, -0.15) is 0 Å². The summed E-state index contributed by atoms with van der Waals surface area (Å²) < 4.78 is 13.2. The summed E-state index contributed by atoms with van der Waals surface area (Å²) in [6, 6.07) is 0. The Hall–Kier alpha value is -0.330. The van der Waals surface area contributed by atoms with Crippen LogP contribution in [0.3, 0.4) is 0 Å². The molecule has 0 aliphatic heterocycles. The van der Waals surface area contributed by atoms with Crippen LogP contribution in [-0.2, 0) is 0 Å². The minimum absolute atomic E-state index is 0.440. The fraction of sp³-hybridized carbons (Fsp3) is 0.778. The van der Waals surface area contributed by atoms with Crippen molar-refractivity contribution in [2.24, 2.45) is 5.92 Å². The SMILES string of the molecule is C=C(C)C1CCC(C)(F)C1. The second-order valence-corrected chi connectivity index (χ2v) is 3.70. The van der Waals surface area contributed by atoms with E-state index in [9.17, 15) is 4.39 Å². The molecule has 2 unspecified atom stereocenters. The molecule has 0 nitrogen and oxygen atoms in total. The molecule has 1 heteroatoms. The summed E-state index contributed by atoms with van der Waals surface area (Å²) in [7, 11) is 0. The van der Waals surface area contributed by atoms with Gasteiger partial charge < -0.3 is 0 Å². The Kier molecular flexibility index (Phi) is 1.84. The van der Waals surface area contributed by atoms with Crippen molar-refractivity contribution in [3.8, 4) is 0 Å². The molecule has 1 rings (SSSR count). The summed E-state index contributed by atoms with van der Waals surface area (Å²) in [6.07, 6.45) is 2.38. The molecule has 1 aliphatic carbocycles. The topological polar surface area (TPSA) is 0 Å². The van der Waals surface area contributed by atoms with Gasteiger partial charge in [-0.3, -0.25) is 0 Å². The molecule has 0 aromatic rings. The van der Waals surface area contributed by atoms with Crippen LogP contribution in [0, 0.1) is 5.92 Å². The molecule has 1 aliphatic rings. The Bertz CT molecular complexity index is 147. The molecule has 0 N–H and O–H groups in total. The zero-order valence-corrected chi connectivity index (χ0v) is 6.78. The first-order valence-corrected chi connectivity index (χ1v) is 3.85. The van der Waals surface area contributed by atoms with Crippen LogP contribution in [0.1, 0.15) is 33.1 Å². The Morgan fingerprint density at radius 2 is 2.30 bits per heavy atom. The van der Waals surface area contributed by atoms with Crippen molar-refractivity contribution in [1.82, 2.24) is 0 Å². The van der Waals surface area contributed by atoms with Gasteiger partial charge >= 0.3 is 0 Å². The molecule has 2 atom stereocenters. The van der Waals surface area contributed by atoms with Gasteiger partial charge in [0.15, 0.2) is 0 Å². The van der Waals surface area contributed by atoms with Crippen LogP contribution in [-0.4, -0.2) is 5.67 Å². The first-order chi connectivity index (χ1) is 4.51. The van der Waals surface area contributed by atoms with Gasteiger partial charge in [-0.1, -0.05) is 12.2 Å². The number of allylic oxidation sites excluding steroid dienone is 1. The highest BCUT2D eigenvalue weighted by molar-refractivity contribution is 5.03. The minimum Gasteiger partial charge on any atom is -0.244 e. The van der Waals surface area contributed by atoms with E-state index >= 15 is 0 Å². The van der Waals surface area contributed by atoms with E-state index in [1.54, 1.807) is 6.92 Å². The Morgan fingerprint density at radius 3 is 2.50 bits per heavy atom. The highest BCUT2D eigenvalue weighted by Gasteiger charge is 2.34. The van der Waals surface area contributed by atoms with Crippen molar-refractivity contribution in [1.29, 1.82) is 0 Å². The molecular weight excluding hydrogens is 127 g/mol. The van der Waals surface area contributed by atoms with Crippen LogP contribution >= 0.6 is 0 Å². The molecule has 0 aromatic carbocycles. The third-order valence-electron chi connectivity index (χ3n) is 2.38. The highest BCUT2D eigenvalue weighted by Crippen LogP contribution is 2.39. The van der Waals surface area contributed by atoms with E-state index in [2.05, 4.69) is 6.58 Å². The third kappa shape index (κ3) is 1.59. The third-order valence-corrected chi connectivity index (χ3v) is 2.38. The predicted octanol–water partition coefficient (Wildman–Crippen LogP) is 3.09. The lowest BCUT2D eigenvalue weighted by Crippen LogP contribution is -2.11. The average Bonchev–Trinajstić information content (AvgIpc) is 2.10. The van der Waals surface area contributed by atoms with Gasteiger partial charge in [0.2, 0.25) is 0 Å². The smallest absolute Gasteiger partial charge is 0.108 e. The average molecular weight is 142 g/mol. The molecule has 10 heavy (non-hydrogen) atoms. The number of hydrogen-bond donors (Lipinski definition) is 0. The molecule has 0 radical (unpaired) electrons. The highest BCUT2D eigenvalue weighted by atomic mass is 19.1. The van der Waals surface area contributed by atoms with E-state index in [-0.39, 0.29) is 0 Å². The van der Waals surface area contributed by atoms with E-state index < -0.39 is 5.67 Å². The van der Waals surface area contributed by atoms with Crippen LogP contribution in [0.25, 0.3) is 0 Å². The van der Waals surface area contributed by atoms with E-state index in [4.69, 9.17) is 0 Å². The molecule has 0 aromatic heterocycles. The van der Waals surface area contributed by atoms with E-state index in [1.807, 2.05) is 6.92 Å². The van der Waals surface area contributed by atoms with Crippen molar-refractivity contribution in [2.45, 2.75) is 38.8 Å². The molecule has 0 saturated heterocycles. The van der Waals surface area contributed by atoms with Crippen molar-refractivity contribution in [2.75, 3.05) is 0 Å². The van der Waals surface area contributed by atoms with E-state index in [0.29, 0.717) is 18.8 Å². The molecule has 1 fully saturated rings. The normalized spacial score (nSPS) is 40.1. The number of rotatable bonds is 1. The molecule has 0 heterocycles. The van der Waals surface area contributed by atoms with E-state index in [1.165, 1.54) is 0 Å². The first kappa shape index (κ1) is 7.77. The quantitative estimate of drug-likeness (QED) is 0.493. The summed E-state index contributed by atoms with van der Waals surface area (Å²) in [6.45, 7) is 7.52. The van der Waals surface area contributed by atoms with Gasteiger partial charge in [-0.25, -0.2) is 4.39 Å². The minimum atomic E-state index is -0.913. The fourth-order valence-electron chi connectivity index (χ4n) is 1.61. The summed E-state index contributed by atoms with van der Waals surface area (Å²) in [5.74, 6) is 0.440. The number of alkyl halides is 1. The van der Waals surface area contributed by atoms with Crippen LogP contribution in [0.5, 0.6) is 0 Å². The second kappa shape index (κ2) is 2.37. The summed E-state index contributed by atoms with van der Waals surface area (Å²) in [5, 5.41) is 0. The molecule has 58 valence electrons. The zero-order chi connectivity index (χ0) is 7.78. The number of hydrogen-bond acceptors (Lipinski definition) is 0. The Morgan fingerprint density at radius 1 is 1.70 bits per heavy atom. The van der Waals surface area contributed by atoms with Gasteiger partial charge in [0.25, 0.3) is 0 Å². The molecule has 0 spiro atoms. The van der Waals surface area contributed by atoms with Gasteiger partial charge in [-0.05, 0) is 39.0 Å². The first-order valence-electron chi connectivity index (χ1n) is 3.85. The van der Waals surface area contributed by atoms with Gasteiger partial charge in [0.05, 0.1) is 0 Å². The van der Waals surface area contributed by atoms with Gasteiger partial charge in [-0.15, -0.1) is 0 Å². The lowest BCUT2D eigenvalue weighted by molar-refractivity contribution is 0.195. The van der Waals surface area contributed by atoms with E-state index in [0.717, 1.165) is 12.0 Å². The lowest BCUT2D eigenvalue weighted by atomic mass is 9.98. The van der Waals surface area contributed by atoms with Crippen molar-refractivity contribution in [3.63, 3.8) is 0 Å². The molecule has 0 amide bonds. The molecule has 0 bridgehead atoms.